The van der Waals surface area contributed by atoms with Crippen molar-refractivity contribution >= 4 is 11.7 Å². The maximum absolute atomic E-state index is 11.7. The first-order valence-electron chi connectivity index (χ1n) is 7.15. The fourth-order valence-corrected chi connectivity index (χ4v) is 2.12. The van der Waals surface area contributed by atoms with E-state index in [0.717, 1.165) is 24.5 Å². The number of rotatable bonds is 5. The first-order valence-corrected chi connectivity index (χ1v) is 7.15. The molecule has 1 aromatic heterocycles. The van der Waals surface area contributed by atoms with Gasteiger partial charge in [0.2, 0.25) is 5.91 Å². The quantitative estimate of drug-likeness (QED) is 0.661. The number of allylic oxidation sites excluding steroid dienone is 3. The van der Waals surface area contributed by atoms with E-state index in [0.29, 0.717) is 19.8 Å². The van der Waals surface area contributed by atoms with Crippen LogP contribution in [0.2, 0.25) is 0 Å². The van der Waals surface area contributed by atoms with Gasteiger partial charge in [-0.2, -0.15) is 0 Å². The molecule has 2 heterocycles. The van der Waals surface area contributed by atoms with Gasteiger partial charge in [-0.25, -0.2) is 4.98 Å². The van der Waals surface area contributed by atoms with Gasteiger partial charge < -0.3 is 15.0 Å². The van der Waals surface area contributed by atoms with Crippen LogP contribution in [0.1, 0.15) is 12.5 Å². The highest BCUT2D eigenvalue weighted by Gasteiger charge is 2.15. The van der Waals surface area contributed by atoms with E-state index in [1.807, 2.05) is 31.2 Å². The molecule has 112 valence electrons. The molecule has 0 atom stereocenters. The van der Waals surface area contributed by atoms with Crippen LogP contribution in [-0.4, -0.2) is 37.2 Å². The van der Waals surface area contributed by atoms with Gasteiger partial charge in [0.15, 0.2) is 0 Å². The average Bonchev–Trinajstić information content (AvgIpc) is 2.54. The van der Waals surface area contributed by atoms with E-state index in [1.54, 1.807) is 12.3 Å². The van der Waals surface area contributed by atoms with Crippen LogP contribution in [0.15, 0.2) is 42.6 Å². The molecule has 0 radical (unpaired) electrons. The van der Waals surface area contributed by atoms with Crippen molar-refractivity contribution in [3.05, 3.63) is 48.2 Å². The number of aromatic nitrogens is 1. The smallest absolute Gasteiger partial charge is 0.244 e. The zero-order valence-corrected chi connectivity index (χ0v) is 12.3. The summed E-state index contributed by atoms with van der Waals surface area (Å²) in [4.78, 5) is 18.3. The number of carbonyl (C=O) groups is 1. The van der Waals surface area contributed by atoms with Crippen LogP contribution in [0.5, 0.6) is 0 Å². The molecule has 0 saturated carbocycles. The van der Waals surface area contributed by atoms with Crippen LogP contribution in [0, 0.1) is 0 Å². The Labute approximate surface area is 125 Å². The van der Waals surface area contributed by atoms with Crippen LogP contribution in [0.4, 0.5) is 5.82 Å². The molecule has 0 unspecified atom stereocenters. The Balaban J connectivity index is 1.98. The molecule has 1 aliphatic rings. The Kier molecular flexibility index (Phi) is 5.97. The van der Waals surface area contributed by atoms with Gasteiger partial charge in [-0.05, 0) is 13.0 Å². The second-order valence-corrected chi connectivity index (χ2v) is 4.69. The van der Waals surface area contributed by atoms with Crippen molar-refractivity contribution in [1.29, 1.82) is 0 Å². The first-order chi connectivity index (χ1) is 10.3. The number of morpholine rings is 1. The summed E-state index contributed by atoms with van der Waals surface area (Å²) in [6, 6.07) is 3.88. The van der Waals surface area contributed by atoms with E-state index in [-0.39, 0.29) is 5.91 Å². The predicted octanol–water partition coefficient (Wildman–Crippen LogP) is 1.67. The molecular weight excluding hydrogens is 266 g/mol. The second kappa shape index (κ2) is 8.21. The minimum atomic E-state index is -0.107. The highest BCUT2D eigenvalue weighted by Crippen LogP contribution is 2.18. The lowest BCUT2D eigenvalue weighted by molar-refractivity contribution is -0.116. The Morgan fingerprint density at radius 3 is 3.00 bits per heavy atom. The Morgan fingerprint density at radius 1 is 1.43 bits per heavy atom. The van der Waals surface area contributed by atoms with Gasteiger partial charge in [-0.3, -0.25) is 4.79 Å². The van der Waals surface area contributed by atoms with E-state index in [1.165, 1.54) is 6.08 Å². The lowest BCUT2D eigenvalue weighted by Gasteiger charge is -2.29. The highest BCUT2D eigenvalue weighted by molar-refractivity contribution is 5.87. The third-order valence-corrected chi connectivity index (χ3v) is 3.18. The van der Waals surface area contributed by atoms with Crippen molar-refractivity contribution in [2.75, 3.05) is 31.2 Å². The number of carbonyl (C=O) groups excluding carboxylic acids is 1. The third-order valence-electron chi connectivity index (χ3n) is 3.18. The molecule has 1 amide bonds. The SMILES string of the molecule is CC=CC=CC(=O)NCc1cccnc1N1CCOCC1. The van der Waals surface area contributed by atoms with Crippen molar-refractivity contribution in [3.63, 3.8) is 0 Å². The molecule has 0 spiro atoms. The lowest BCUT2D eigenvalue weighted by atomic mass is 10.2. The van der Waals surface area contributed by atoms with Crippen LogP contribution >= 0.6 is 0 Å². The maximum atomic E-state index is 11.7. The van der Waals surface area contributed by atoms with Gasteiger partial charge in [0.25, 0.3) is 0 Å². The van der Waals surface area contributed by atoms with Crippen molar-refractivity contribution in [2.24, 2.45) is 0 Å². The van der Waals surface area contributed by atoms with E-state index in [2.05, 4.69) is 15.2 Å². The van der Waals surface area contributed by atoms with E-state index in [9.17, 15) is 4.79 Å². The van der Waals surface area contributed by atoms with Crippen molar-refractivity contribution < 1.29 is 9.53 Å². The van der Waals surface area contributed by atoms with Gasteiger partial charge >= 0.3 is 0 Å². The van der Waals surface area contributed by atoms with Crippen molar-refractivity contribution in [2.45, 2.75) is 13.5 Å². The molecule has 1 saturated heterocycles. The summed E-state index contributed by atoms with van der Waals surface area (Å²) in [5, 5.41) is 2.88. The molecule has 2 rings (SSSR count). The highest BCUT2D eigenvalue weighted by atomic mass is 16.5. The summed E-state index contributed by atoms with van der Waals surface area (Å²) in [5.74, 6) is 0.823. The number of amides is 1. The molecule has 1 aliphatic heterocycles. The summed E-state index contributed by atoms with van der Waals surface area (Å²) in [6.07, 6.45) is 8.72. The molecule has 1 fully saturated rings. The fraction of sp³-hybridized carbons (Fsp3) is 0.375. The van der Waals surface area contributed by atoms with Gasteiger partial charge in [-0.15, -0.1) is 0 Å². The molecule has 21 heavy (non-hydrogen) atoms. The van der Waals surface area contributed by atoms with Crippen molar-refractivity contribution in [1.82, 2.24) is 10.3 Å². The largest absolute Gasteiger partial charge is 0.378 e. The van der Waals surface area contributed by atoms with Crippen molar-refractivity contribution in [3.8, 4) is 0 Å². The standard InChI is InChI=1S/C16H21N3O2/c1-2-3-4-7-15(20)18-13-14-6-5-8-17-16(14)19-9-11-21-12-10-19/h2-8H,9-13H2,1H3,(H,18,20). The van der Waals surface area contributed by atoms with E-state index in [4.69, 9.17) is 4.74 Å². The number of nitrogens with zero attached hydrogens (tertiary/aromatic N) is 2. The average molecular weight is 287 g/mol. The molecular formula is C16H21N3O2. The Morgan fingerprint density at radius 2 is 2.24 bits per heavy atom. The first kappa shape index (κ1) is 15.3. The summed E-state index contributed by atoms with van der Waals surface area (Å²) in [6.45, 7) is 5.48. The maximum Gasteiger partial charge on any atom is 0.244 e. The third kappa shape index (κ3) is 4.72. The molecule has 1 N–H and O–H groups in total. The molecule has 0 aromatic carbocycles. The predicted molar refractivity (Wildman–Crippen MR) is 83.1 cm³/mol. The zero-order chi connectivity index (χ0) is 14.9. The summed E-state index contributed by atoms with van der Waals surface area (Å²) in [5.41, 5.74) is 1.02. The van der Waals surface area contributed by atoms with Crippen LogP contribution < -0.4 is 10.2 Å². The lowest BCUT2D eigenvalue weighted by Crippen LogP contribution is -2.37. The van der Waals surface area contributed by atoms with Crippen LogP contribution in [-0.2, 0) is 16.1 Å². The summed E-state index contributed by atoms with van der Waals surface area (Å²) in [7, 11) is 0. The molecule has 0 aliphatic carbocycles. The van der Waals surface area contributed by atoms with Gasteiger partial charge in [0.05, 0.1) is 13.2 Å². The van der Waals surface area contributed by atoms with Crippen LogP contribution in [0.3, 0.4) is 0 Å². The zero-order valence-electron chi connectivity index (χ0n) is 12.3. The van der Waals surface area contributed by atoms with E-state index < -0.39 is 0 Å². The number of hydrogen-bond donors (Lipinski definition) is 1. The molecule has 1 aromatic rings. The number of anilines is 1. The fourth-order valence-electron chi connectivity index (χ4n) is 2.12. The Hall–Kier alpha value is -2.14. The second-order valence-electron chi connectivity index (χ2n) is 4.69. The van der Waals surface area contributed by atoms with Gasteiger partial charge in [0, 0.05) is 37.5 Å². The number of nitrogens with one attached hydrogen (secondary N) is 1. The number of ether oxygens (including phenoxy) is 1. The summed E-state index contributed by atoms with van der Waals surface area (Å²) < 4.78 is 5.36. The van der Waals surface area contributed by atoms with Crippen LogP contribution in [0.25, 0.3) is 0 Å². The molecule has 0 bridgehead atoms. The van der Waals surface area contributed by atoms with E-state index >= 15 is 0 Å². The summed E-state index contributed by atoms with van der Waals surface area (Å²) >= 11 is 0. The normalized spacial score (nSPS) is 15.8. The monoisotopic (exact) mass is 287 g/mol. The number of pyridine rings is 1. The van der Waals surface area contributed by atoms with Gasteiger partial charge in [0.1, 0.15) is 5.82 Å². The number of hydrogen-bond acceptors (Lipinski definition) is 4. The van der Waals surface area contributed by atoms with Gasteiger partial charge in [-0.1, -0.05) is 24.3 Å². The minimum Gasteiger partial charge on any atom is -0.378 e. The molecule has 5 heteroatoms. The topological polar surface area (TPSA) is 54.5 Å². The minimum absolute atomic E-state index is 0.107. The Bertz CT molecular complexity index is 520. The molecule has 5 nitrogen and oxygen atoms in total.